The molecule has 2 aliphatic heterocycles. The van der Waals surface area contributed by atoms with Crippen LogP contribution in [0.15, 0.2) is 24.3 Å². The summed E-state index contributed by atoms with van der Waals surface area (Å²) < 4.78 is 16.9. The fourth-order valence-electron chi connectivity index (χ4n) is 3.24. The van der Waals surface area contributed by atoms with Crippen LogP contribution in [0.2, 0.25) is 0 Å². The Kier molecular flexibility index (Phi) is 4.36. The molecule has 0 bridgehead atoms. The lowest BCUT2D eigenvalue weighted by atomic mass is 9.98. The highest BCUT2D eigenvalue weighted by molar-refractivity contribution is 5.78. The first-order valence-corrected chi connectivity index (χ1v) is 7.75. The number of carbonyl (C=O) groups is 1. The zero-order valence-electron chi connectivity index (χ0n) is 13.2. The molecule has 0 saturated carbocycles. The minimum atomic E-state index is -0.209. The highest BCUT2D eigenvalue weighted by Crippen LogP contribution is 2.36. The summed E-state index contributed by atoms with van der Waals surface area (Å²) >= 11 is 0. The van der Waals surface area contributed by atoms with Gasteiger partial charge in [-0.3, -0.25) is 4.79 Å². The van der Waals surface area contributed by atoms with E-state index in [1.54, 1.807) is 7.11 Å². The third-order valence-electron chi connectivity index (χ3n) is 4.62. The van der Waals surface area contributed by atoms with Crippen LogP contribution in [0.1, 0.15) is 18.4 Å². The van der Waals surface area contributed by atoms with Crippen molar-refractivity contribution < 1.29 is 19.0 Å². The molecule has 3 rings (SSSR count). The molecule has 1 aromatic carbocycles. The number of ether oxygens (including phenoxy) is 3. The van der Waals surface area contributed by atoms with E-state index in [-0.39, 0.29) is 24.2 Å². The lowest BCUT2D eigenvalue weighted by Crippen LogP contribution is -2.38. The summed E-state index contributed by atoms with van der Waals surface area (Å²) in [5.41, 5.74) is 0.828. The van der Waals surface area contributed by atoms with Crippen LogP contribution in [-0.4, -0.2) is 55.9 Å². The predicted octanol–water partition coefficient (Wildman–Crippen LogP) is 1.78. The van der Waals surface area contributed by atoms with Gasteiger partial charge in [-0.15, -0.1) is 0 Å². The molecule has 1 spiro atoms. The maximum atomic E-state index is 12.3. The Hall–Kier alpha value is -1.59. The van der Waals surface area contributed by atoms with Gasteiger partial charge in [0.25, 0.3) is 5.91 Å². The number of rotatable bonds is 4. The Morgan fingerprint density at radius 3 is 3.00 bits per heavy atom. The number of hydrogen-bond donors (Lipinski definition) is 0. The van der Waals surface area contributed by atoms with E-state index in [4.69, 9.17) is 14.2 Å². The number of carbonyl (C=O) groups excluding carboxylic acids is 1. The number of amides is 1. The van der Waals surface area contributed by atoms with Gasteiger partial charge in [0.15, 0.2) is 6.61 Å². The van der Waals surface area contributed by atoms with E-state index in [0.717, 1.165) is 30.7 Å². The van der Waals surface area contributed by atoms with Crippen molar-refractivity contribution in [1.29, 1.82) is 0 Å². The van der Waals surface area contributed by atoms with Crippen molar-refractivity contribution in [2.45, 2.75) is 31.5 Å². The lowest BCUT2D eigenvalue weighted by Gasteiger charge is -2.23. The molecular weight excluding hydrogens is 282 g/mol. The second kappa shape index (κ2) is 6.26. The van der Waals surface area contributed by atoms with Gasteiger partial charge in [0.05, 0.1) is 18.3 Å². The minimum Gasteiger partial charge on any atom is -0.484 e. The maximum Gasteiger partial charge on any atom is 0.260 e. The van der Waals surface area contributed by atoms with Crippen molar-refractivity contribution in [3.63, 3.8) is 0 Å². The van der Waals surface area contributed by atoms with Crippen LogP contribution in [0.5, 0.6) is 5.75 Å². The normalized spacial score (nSPS) is 27.5. The summed E-state index contributed by atoms with van der Waals surface area (Å²) in [6.07, 6.45) is 1.90. The fraction of sp³-hybridized carbons (Fsp3) is 0.588. The van der Waals surface area contributed by atoms with Crippen molar-refractivity contribution in [2.24, 2.45) is 0 Å². The average molecular weight is 305 g/mol. The van der Waals surface area contributed by atoms with Crippen molar-refractivity contribution in [3.8, 4) is 5.75 Å². The number of hydrogen-bond acceptors (Lipinski definition) is 4. The molecule has 1 amide bonds. The SMILES string of the molecule is CO[C@@H]1CO[C@@]2(CCN(C(=O)COc3ccccc3C)C2)C1. The van der Waals surface area contributed by atoms with Crippen molar-refractivity contribution in [2.75, 3.05) is 33.4 Å². The summed E-state index contributed by atoms with van der Waals surface area (Å²) in [4.78, 5) is 14.2. The zero-order chi connectivity index (χ0) is 15.6. The number of methoxy groups -OCH3 is 1. The van der Waals surface area contributed by atoms with Crippen molar-refractivity contribution >= 4 is 5.91 Å². The van der Waals surface area contributed by atoms with Gasteiger partial charge in [0.1, 0.15) is 5.75 Å². The second-order valence-corrected chi connectivity index (χ2v) is 6.18. The van der Waals surface area contributed by atoms with Crippen LogP contribution in [0.4, 0.5) is 0 Å². The molecular formula is C17H23NO4. The van der Waals surface area contributed by atoms with Crippen LogP contribution >= 0.6 is 0 Å². The van der Waals surface area contributed by atoms with Crippen LogP contribution in [0.25, 0.3) is 0 Å². The molecule has 0 radical (unpaired) electrons. The first-order valence-electron chi connectivity index (χ1n) is 7.75. The first-order chi connectivity index (χ1) is 10.6. The van der Waals surface area contributed by atoms with E-state index in [2.05, 4.69) is 0 Å². The molecule has 2 heterocycles. The third-order valence-corrected chi connectivity index (χ3v) is 4.62. The predicted molar refractivity (Wildman–Crippen MR) is 82.0 cm³/mol. The van der Waals surface area contributed by atoms with Crippen LogP contribution in [0.3, 0.4) is 0 Å². The minimum absolute atomic E-state index is 0.0181. The average Bonchev–Trinajstić information content (AvgIpc) is 3.13. The van der Waals surface area contributed by atoms with Crippen molar-refractivity contribution in [3.05, 3.63) is 29.8 Å². The quantitative estimate of drug-likeness (QED) is 0.851. The lowest BCUT2D eigenvalue weighted by molar-refractivity contribution is -0.133. The Morgan fingerprint density at radius 2 is 2.27 bits per heavy atom. The van der Waals surface area contributed by atoms with Gasteiger partial charge in [-0.2, -0.15) is 0 Å². The molecule has 22 heavy (non-hydrogen) atoms. The molecule has 120 valence electrons. The second-order valence-electron chi connectivity index (χ2n) is 6.18. The summed E-state index contributed by atoms with van der Waals surface area (Å²) in [7, 11) is 1.71. The number of aryl methyl sites for hydroxylation is 1. The third kappa shape index (κ3) is 3.10. The Morgan fingerprint density at radius 1 is 1.45 bits per heavy atom. The molecule has 0 aromatic heterocycles. The standard InChI is InChI=1S/C17H23NO4/c1-13-5-3-4-6-15(13)21-11-16(19)18-8-7-17(12-18)9-14(20-2)10-22-17/h3-6,14H,7-12H2,1-2H3/t14-,17-/m0/s1. The van der Waals surface area contributed by atoms with Gasteiger partial charge >= 0.3 is 0 Å². The maximum absolute atomic E-state index is 12.3. The molecule has 0 unspecified atom stereocenters. The Balaban J connectivity index is 1.53. The molecule has 1 aromatic rings. The number of para-hydroxylation sites is 1. The molecule has 2 aliphatic rings. The number of benzene rings is 1. The molecule has 5 nitrogen and oxygen atoms in total. The van der Waals surface area contributed by atoms with E-state index in [1.165, 1.54) is 0 Å². The van der Waals surface area contributed by atoms with Crippen LogP contribution in [-0.2, 0) is 14.3 Å². The number of likely N-dealkylation sites (tertiary alicyclic amines) is 1. The van der Waals surface area contributed by atoms with Gasteiger partial charge in [-0.25, -0.2) is 0 Å². The van der Waals surface area contributed by atoms with E-state index >= 15 is 0 Å². The largest absolute Gasteiger partial charge is 0.484 e. The highest BCUT2D eigenvalue weighted by Gasteiger charge is 2.46. The highest BCUT2D eigenvalue weighted by atomic mass is 16.6. The Bertz CT molecular complexity index is 547. The van der Waals surface area contributed by atoms with E-state index in [1.807, 2.05) is 36.1 Å². The van der Waals surface area contributed by atoms with Gasteiger partial charge in [-0.1, -0.05) is 18.2 Å². The molecule has 0 aliphatic carbocycles. The fourth-order valence-corrected chi connectivity index (χ4v) is 3.24. The topological polar surface area (TPSA) is 48.0 Å². The summed E-state index contributed by atoms with van der Waals surface area (Å²) in [6.45, 7) is 4.05. The summed E-state index contributed by atoms with van der Waals surface area (Å²) in [6, 6.07) is 7.73. The zero-order valence-corrected chi connectivity index (χ0v) is 13.2. The van der Waals surface area contributed by atoms with Crippen molar-refractivity contribution in [1.82, 2.24) is 4.90 Å². The molecule has 2 saturated heterocycles. The molecule has 2 atom stereocenters. The van der Waals surface area contributed by atoms with Crippen LogP contribution in [0, 0.1) is 6.92 Å². The molecule has 5 heteroatoms. The van der Waals surface area contributed by atoms with E-state index < -0.39 is 0 Å². The van der Waals surface area contributed by atoms with E-state index in [0.29, 0.717) is 13.2 Å². The van der Waals surface area contributed by atoms with Crippen LogP contribution < -0.4 is 4.74 Å². The number of nitrogens with zero attached hydrogens (tertiary/aromatic N) is 1. The van der Waals surface area contributed by atoms with Gasteiger partial charge in [0, 0.05) is 26.6 Å². The van der Waals surface area contributed by atoms with E-state index in [9.17, 15) is 4.79 Å². The Labute approximate surface area is 131 Å². The van der Waals surface area contributed by atoms with Gasteiger partial charge in [0.2, 0.25) is 0 Å². The smallest absolute Gasteiger partial charge is 0.260 e. The first kappa shape index (κ1) is 15.3. The van der Waals surface area contributed by atoms with Gasteiger partial charge in [-0.05, 0) is 25.0 Å². The summed E-state index contributed by atoms with van der Waals surface area (Å²) in [5.74, 6) is 0.783. The van der Waals surface area contributed by atoms with Gasteiger partial charge < -0.3 is 19.1 Å². The molecule has 2 fully saturated rings. The monoisotopic (exact) mass is 305 g/mol. The summed E-state index contributed by atoms with van der Waals surface area (Å²) in [5, 5.41) is 0. The molecule has 0 N–H and O–H groups in total.